The van der Waals surface area contributed by atoms with Crippen molar-refractivity contribution in [3.8, 4) is 11.5 Å². The van der Waals surface area contributed by atoms with Gasteiger partial charge in [0, 0.05) is 11.6 Å². The van der Waals surface area contributed by atoms with Gasteiger partial charge >= 0.3 is 12.1 Å². The van der Waals surface area contributed by atoms with Crippen LogP contribution >= 0.6 is 34.8 Å². The molecule has 29 heavy (non-hydrogen) atoms. The third-order valence-electron chi connectivity index (χ3n) is 4.12. The van der Waals surface area contributed by atoms with E-state index >= 15 is 0 Å². The molecular formula is C17H19Cl3N2O7. The van der Waals surface area contributed by atoms with Crippen LogP contribution in [0.25, 0.3) is 0 Å². The lowest BCUT2D eigenvalue weighted by molar-refractivity contribution is -0.169. The first-order valence-corrected chi connectivity index (χ1v) is 9.34. The van der Waals surface area contributed by atoms with Crippen molar-refractivity contribution in [2.45, 2.75) is 22.4 Å². The summed E-state index contributed by atoms with van der Waals surface area (Å²) in [4.78, 5) is 37.9. The minimum atomic E-state index is -1.81. The second kappa shape index (κ2) is 9.60. The number of hydrogen-bond acceptors (Lipinski definition) is 7. The largest absolute Gasteiger partial charge is 0.497 e. The zero-order valence-electron chi connectivity index (χ0n) is 15.7. The Morgan fingerprint density at radius 2 is 1.86 bits per heavy atom. The van der Waals surface area contributed by atoms with Crippen molar-refractivity contribution in [2.75, 3.05) is 27.9 Å². The van der Waals surface area contributed by atoms with Gasteiger partial charge in [0.1, 0.15) is 24.1 Å². The Labute approximate surface area is 182 Å². The molecule has 0 spiro atoms. The number of alkyl carbamates (subject to hydrolysis) is 1. The number of ether oxygens (including phenoxy) is 4. The fourth-order valence-corrected chi connectivity index (χ4v) is 2.90. The van der Waals surface area contributed by atoms with Gasteiger partial charge in [-0.3, -0.25) is 4.79 Å². The van der Waals surface area contributed by atoms with E-state index in [-0.39, 0.29) is 6.54 Å². The van der Waals surface area contributed by atoms with Gasteiger partial charge in [-0.1, -0.05) is 34.8 Å². The Kier molecular flexibility index (Phi) is 7.67. The zero-order chi connectivity index (χ0) is 21.8. The number of alkyl halides is 3. The molecule has 12 heteroatoms. The topological polar surface area (TPSA) is 103 Å². The number of nitrogens with zero attached hydrogens (tertiary/aromatic N) is 1. The van der Waals surface area contributed by atoms with Crippen LogP contribution in [0.15, 0.2) is 18.2 Å². The number of carbonyl (C=O) groups excluding carboxylic acids is 3. The lowest BCUT2D eigenvalue weighted by Gasteiger charge is -2.45. The van der Waals surface area contributed by atoms with Crippen LogP contribution in [-0.4, -0.2) is 66.7 Å². The summed E-state index contributed by atoms with van der Waals surface area (Å²) in [5, 5.41) is 2.29. The SMILES string of the molecule is COC(=O)[C@H]1[C@@H](NC(=O)OCC(Cl)(Cl)Cl)C(=O)N1Cc1ccc(OC)cc1OC. The van der Waals surface area contributed by atoms with Crippen LogP contribution in [0.3, 0.4) is 0 Å². The molecule has 1 aromatic carbocycles. The van der Waals surface area contributed by atoms with Crippen LogP contribution in [0, 0.1) is 0 Å². The van der Waals surface area contributed by atoms with Crippen molar-refractivity contribution in [1.82, 2.24) is 10.2 Å². The van der Waals surface area contributed by atoms with Gasteiger partial charge in [0.2, 0.25) is 9.70 Å². The molecule has 160 valence electrons. The van der Waals surface area contributed by atoms with Gasteiger partial charge < -0.3 is 29.2 Å². The Morgan fingerprint density at radius 1 is 1.17 bits per heavy atom. The first-order valence-electron chi connectivity index (χ1n) is 8.20. The number of nitrogens with one attached hydrogen (secondary N) is 1. The van der Waals surface area contributed by atoms with Gasteiger partial charge in [-0.25, -0.2) is 9.59 Å². The minimum absolute atomic E-state index is 0.0488. The molecule has 1 aliphatic rings. The van der Waals surface area contributed by atoms with E-state index in [1.54, 1.807) is 18.2 Å². The van der Waals surface area contributed by atoms with Gasteiger partial charge in [0.15, 0.2) is 6.04 Å². The molecule has 1 heterocycles. The van der Waals surface area contributed by atoms with Crippen molar-refractivity contribution in [3.63, 3.8) is 0 Å². The molecule has 1 aliphatic heterocycles. The Morgan fingerprint density at radius 3 is 2.41 bits per heavy atom. The molecule has 1 fully saturated rings. The normalized spacial score (nSPS) is 18.6. The number of halogens is 3. The third-order valence-corrected chi connectivity index (χ3v) is 4.45. The number of carbonyl (C=O) groups is 3. The van der Waals surface area contributed by atoms with Gasteiger partial charge in [0.05, 0.1) is 27.9 Å². The van der Waals surface area contributed by atoms with Crippen molar-refractivity contribution in [1.29, 1.82) is 0 Å². The first-order chi connectivity index (χ1) is 13.6. The smallest absolute Gasteiger partial charge is 0.408 e. The quantitative estimate of drug-likeness (QED) is 0.370. The fraction of sp³-hybridized carbons (Fsp3) is 0.471. The summed E-state index contributed by atoms with van der Waals surface area (Å²) in [6.07, 6.45) is -1.01. The Bertz CT molecular complexity index is 785. The number of esters is 1. The maximum absolute atomic E-state index is 12.6. The molecule has 0 aliphatic carbocycles. The molecule has 0 radical (unpaired) electrons. The lowest BCUT2D eigenvalue weighted by Crippen LogP contribution is -2.73. The summed E-state index contributed by atoms with van der Waals surface area (Å²) in [5.74, 6) is -0.173. The highest BCUT2D eigenvalue weighted by molar-refractivity contribution is 6.67. The van der Waals surface area contributed by atoms with Crippen LogP contribution in [0.1, 0.15) is 5.56 Å². The van der Waals surface area contributed by atoms with Crippen LogP contribution in [-0.2, 0) is 25.6 Å². The zero-order valence-corrected chi connectivity index (χ0v) is 18.0. The summed E-state index contributed by atoms with van der Waals surface area (Å²) < 4.78 is 18.1. The Hall–Kier alpha value is -2.10. The van der Waals surface area contributed by atoms with Crippen LogP contribution in [0.4, 0.5) is 4.79 Å². The van der Waals surface area contributed by atoms with E-state index < -0.39 is 40.5 Å². The molecular weight excluding hydrogens is 451 g/mol. The number of methoxy groups -OCH3 is 3. The summed E-state index contributed by atoms with van der Waals surface area (Å²) in [5.41, 5.74) is 0.632. The third kappa shape index (κ3) is 5.71. The summed E-state index contributed by atoms with van der Waals surface area (Å²) in [6.45, 7) is -0.479. The maximum Gasteiger partial charge on any atom is 0.408 e. The predicted molar refractivity (Wildman–Crippen MR) is 104 cm³/mol. The van der Waals surface area contributed by atoms with Gasteiger partial charge in [-0.15, -0.1) is 0 Å². The molecule has 2 atom stereocenters. The van der Waals surface area contributed by atoms with Gasteiger partial charge in [-0.05, 0) is 12.1 Å². The van der Waals surface area contributed by atoms with E-state index in [2.05, 4.69) is 5.32 Å². The molecule has 0 unspecified atom stereocenters. The highest BCUT2D eigenvalue weighted by Gasteiger charge is 2.53. The van der Waals surface area contributed by atoms with E-state index in [1.165, 1.54) is 26.2 Å². The molecule has 0 aromatic heterocycles. The van der Waals surface area contributed by atoms with E-state index in [4.69, 9.17) is 53.8 Å². The number of rotatable bonds is 7. The number of hydrogen-bond donors (Lipinski definition) is 1. The van der Waals surface area contributed by atoms with Crippen LogP contribution in [0.5, 0.6) is 11.5 Å². The highest BCUT2D eigenvalue weighted by atomic mass is 35.6. The highest BCUT2D eigenvalue weighted by Crippen LogP contribution is 2.31. The lowest BCUT2D eigenvalue weighted by atomic mass is 9.94. The minimum Gasteiger partial charge on any atom is -0.497 e. The number of benzene rings is 1. The van der Waals surface area contributed by atoms with E-state index in [9.17, 15) is 14.4 Å². The standard InChI is InChI=1S/C17H19Cl3N2O7/c1-26-10-5-4-9(11(6-10)27-2)7-22-13(15(24)28-3)12(14(22)23)21-16(25)29-8-17(18,19)20/h4-6,12-13H,7-8H2,1-3H3,(H,21,25)/t12-,13-/m1/s1. The van der Waals surface area contributed by atoms with Gasteiger partial charge in [-0.2, -0.15) is 0 Å². The molecule has 1 N–H and O–H groups in total. The summed E-state index contributed by atoms with van der Waals surface area (Å²) in [6, 6.07) is 2.82. The van der Waals surface area contributed by atoms with Crippen molar-refractivity contribution in [3.05, 3.63) is 23.8 Å². The monoisotopic (exact) mass is 468 g/mol. The van der Waals surface area contributed by atoms with Crippen molar-refractivity contribution in [2.24, 2.45) is 0 Å². The van der Waals surface area contributed by atoms with Crippen molar-refractivity contribution >= 4 is 52.8 Å². The number of amides is 2. The first kappa shape index (κ1) is 23.2. The van der Waals surface area contributed by atoms with E-state index in [0.29, 0.717) is 17.1 Å². The molecule has 0 bridgehead atoms. The summed E-state index contributed by atoms with van der Waals surface area (Å²) in [7, 11) is 4.16. The van der Waals surface area contributed by atoms with E-state index in [0.717, 1.165) is 0 Å². The molecule has 1 saturated heterocycles. The average Bonchev–Trinajstić information content (AvgIpc) is 2.69. The van der Waals surface area contributed by atoms with Gasteiger partial charge in [0.25, 0.3) is 0 Å². The molecule has 2 rings (SSSR count). The van der Waals surface area contributed by atoms with E-state index in [1.807, 2.05) is 0 Å². The summed E-state index contributed by atoms with van der Waals surface area (Å²) >= 11 is 16.5. The maximum atomic E-state index is 12.6. The van der Waals surface area contributed by atoms with Crippen LogP contribution in [0.2, 0.25) is 0 Å². The Balaban J connectivity index is 2.12. The van der Waals surface area contributed by atoms with Crippen LogP contribution < -0.4 is 14.8 Å². The fourth-order valence-electron chi connectivity index (χ4n) is 2.73. The molecule has 0 saturated carbocycles. The average molecular weight is 470 g/mol. The molecule has 2 amide bonds. The predicted octanol–water partition coefficient (Wildman–Crippen LogP) is 2.05. The second-order valence-corrected chi connectivity index (χ2v) is 8.44. The number of likely N-dealkylation sites (tertiary alicyclic amines) is 1. The van der Waals surface area contributed by atoms with Crippen molar-refractivity contribution < 1.29 is 33.3 Å². The molecule has 9 nitrogen and oxygen atoms in total. The molecule has 1 aromatic rings. The number of β-lactam (4-membered cyclic amide) rings is 1. The second-order valence-electron chi connectivity index (χ2n) is 5.93.